The number of amides is 1. The van der Waals surface area contributed by atoms with Crippen LogP contribution in [0.5, 0.6) is 5.75 Å². The van der Waals surface area contributed by atoms with Gasteiger partial charge in [-0.25, -0.2) is 13.1 Å². The van der Waals surface area contributed by atoms with E-state index in [-0.39, 0.29) is 17.9 Å². The summed E-state index contributed by atoms with van der Waals surface area (Å²) in [6, 6.07) is 11.9. The monoisotopic (exact) mass is 306 g/mol. The quantitative estimate of drug-likeness (QED) is 0.867. The number of sulfonamides is 1. The molecule has 0 saturated heterocycles. The average molecular weight is 306 g/mol. The van der Waals surface area contributed by atoms with Gasteiger partial charge in [-0.05, 0) is 24.3 Å². The number of nitrogens with zero attached hydrogens (tertiary/aromatic N) is 1. The first-order chi connectivity index (χ1) is 10.1. The van der Waals surface area contributed by atoms with Crippen molar-refractivity contribution in [1.29, 1.82) is 0 Å². The van der Waals surface area contributed by atoms with E-state index in [9.17, 15) is 13.2 Å². The third-order valence-corrected chi connectivity index (χ3v) is 3.74. The van der Waals surface area contributed by atoms with Gasteiger partial charge in [0, 0.05) is 12.4 Å². The zero-order chi connectivity index (χ0) is 15.1. The molecule has 1 N–H and O–H groups in total. The van der Waals surface area contributed by atoms with E-state index in [1.54, 1.807) is 30.3 Å². The van der Waals surface area contributed by atoms with Crippen molar-refractivity contribution in [2.75, 3.05) is 12.4 Å². The first-order valence-electron chi connectivity index (χ1n) is 6.19. The predicted octanol–water partition coefficient (Wildman–Crippen LogP) is 1.22. The maximum atomic E-state index is 11.8. The summed E-state index contributed by atoms with van der Waals surface area (Å²) in [6.45, 7) is -0.0420. The standard InChI is InChI=1S/C14H14N2O4S/c17-14(12-5-4-8-15-11-12)16-21(18,19)10-9-20-13-6-2-1-3-7-13/h1-8,11H,9-10H2,(H,16,17). The molecule has 0 spiro atoms. The van der Waals surface area contributed by atoms with E-state index in [4.69, 9.17) is 4.74 Å². The van der Waals surface area contributed by atoms with E-state index >= 15 is 0 Å². The lowest BCUT2D eigenvalue weighted by Crippen LogP contribution is -2.34. The van der Waals surface area contributed by atoms with Crippen LogP contribution in [0.3, 0.4) is 0 Å². The summed E-state index contributed by atoms with van der Waals surface area (Å²) in [5, 5.41) is 0. The second-order valence-corrected chi connectivity index (χ2v) is 6.00. The van der Waals surface area contributed by atoms with Crippen molar-refractivity contribution in [1.82, 2.24) is 9.71 Å². The first-order valence-corrected chi connectivity index (χ1v) is 7.85. The van der Waals surface area contributed by atoms with Gasteiger partial charge in [0.1, 0.15) is 18.1 Å². The Morgan fingerprint density at radius 1 is 1.14 bits per heavy atom. The van der Waals surface area contributed by atoms with Crippen LogP contribution in [0.4, 0.5) is 0 Å². The summed E-state index contributed by atoms with van der Waals surface area (Å²) in [5.41, 5.74) is 0.185. The number of aromatic nitrogens is 1. The molecule has 0 saturated carbocycles. The van der Waals surface area contributed by atoms with Crippen LogP contribution in [0.2, 0.25) is 0 Å². The molecule has 2 aromatic rings. The summed E-state index contributed by atoms with van der Waals surface area (Å²) in [6.07, 6.45) is 2.80. The highest BCUT2D eigenvalue weighted by atomic mass is 32.2. The SMILES string of the molecule is O=C(NS(=O)(=O)CCOc1ccccc1)c1cccnc1. The highest BCUT2D eigenvalue weighted by Crippen LogP contribution is 2.08. The summed E-state index contributed by atoms with van der Waals surface area (Å²) in [4.78, 5) is 15.5. The Kier molecular flexibility index (Phi) is 4.89. The molecule has 7 heteroatoms. The number of benzene rings is 1. The van der Waals surface area contributed by atoms with E-state index in [1.165, 1.54) is 18.5 Å². The largest absolute Gasteiger partial charge is 0.492 e. The Morgan fingerprint density at radius 2 is 1.90 bits per heavy atom. The molecule has 0 radical (unpaired) electrons. The molecule has 0 unspecified atom stereocenters. The summed E-state index contributed by atoms with van der Waals surface area (Å²) in [5.74, 6) is -0.442. The number of carbonyl (C=O) groups is 1. The van der Waals surface area contributed by atoms with Crippen LogP contribution >= 0.6 is 0 Å². The van der Waals surface area contributed by atoms with Gasteiger partial charge >= 0.3 is 0 Å². The number of hydrogen-bond acceptors (Lipinski definition) is 5. The first kappa shape index (κ1) is 15.0. The van der Waals surface area contributed by atoms with Gasteiger partial charge in [-0.3, -0.25) is 9.78 Å². The molecule has 0 fully saturated rings. The lowest BCUT2D eigenvalue weighted by atomic mass is 10.3. The van der Waals surface area contributed by atoms with Crippen LogP contribution in [0.1, 0.15) is 10.4 Å². The number of rotatable bonds is 6. The predicted molar refractivity (Wildman–Crippen MR) is 77.4 cm³/mol. The number of nitrogens with one attached hydrogen (secondary N) is 1. The third-order valence-electron chi connectivity index (χ3n) is 2.54. The minimum atomic E-state index is -3.75. The van der Waals surface area contributed by atoms with E-state index in [0.29, 0.717) is 5.75 Å². The van der Waals surface area contributed by atoms with Crippen molar-refractivity contribution in [3.63, 3.8) is 0 Å². The fraction of sp³-hybridized carbons (Fsp3) is 0.143. The van der Waals surface area contributed by atoms with Gasteiger partial charge in [0.25, 0.3) is 5.91 Å². The number of hydrogen-bond donors (Lipinski definition) is 1. The Bertz CT molecular complexity index is 687. The molecule has 0 aliphatic carbocycles. The second-order valence-electron chi connectivity index (χ2n) is 4.15. The van der Waals surface area contributed by atoms with Gasteiger partial charge < -0.3 is 4.74 Å². The van der Waals surface area contributed by atoms with Gasteiger partial charge in [0.05, 0.1) is 5.56 Å². The molecule has 0 atom stereocenters. The Balaban J connectivity index is 1.86. The average Bonchev–Trinajstić information content (AvgIpc) is 2.48. The molecule has 0 bridgehead atoms. The summed E-state index contributed by atoms with van der Waals surface area (Å²) >= 11 is 0. The molecule has 21 heavy (non-hydrogen) atoms. The minimum absolute atomic E-state index is 0.0420. The lowest BCUT2D eigenvalue weighted by Gasteiger charge is -2.08. The molecular weight excluding hydrogens is 292 g/mol. The molecule has 2 rings (SSSR count). The highest BCUT2D eigenvalue weighted by Gasteiger charge is 2.16. The fourth-order valence-corrected chi connectivity index (χ4v) is 2.34. The van der Waals surface area contributed by atoms with Gasteiger partial charge in [-0.1, -0.05) is 18.2 Å². The van der Waals surface area contributed by atoms with Crippen LogP contribution in [0.15, 0.2) is 54.9 Å². The van der Waals surface area contributed by atoms with E-state index in [1.807, 2.05) is 10.8 Å². The van der Waals surface area contributed by atoms with Gasteiger partial charge in [-0.15, -0.1) is 0 Å². The van der Waals surface area contributed by atoms with Gasteiger partial charge in [0.15, 0.2) is 0 Å². The van der Waals surface area contributed by atoms with Crippen LogP contribution in [-0.4, -0.2) is 31.7 Å². The maximum absolute atomic E-state index is 11.8. The second kappa shape index (κ2) is 6.85. The molecular formula is C14H14N2O4S. The normalized spacial score (nSPS) is 10.9. The minimum Gasteiger partial charge on any atom is -0.492 e. The maximum Gasteiger partial charge on any atom is 0.266 e. The molecule has 1 heterocycles. The van der Waals surface area contributed by atoms with Gasteiger partial charge in [-0.2, -0.15) is 0 Å². The van der Waals surface area contributed by atoms with Crippen molar-refractivity contribution in [3.8, 4) is 5.75 Å². The van der Waals surface area contributed by atoms with E-state index < -0.39 is 15.9 Å². The van der Waals surface area contributed by atoms with E-state index in [2.05, 4.69) is 4.98 Å². The van der Waals surface area contributed by atoms with Crippen molar-refractivity contribution in [2.45, 2.75) is 0 Å². The van der Waals surface area contributed by atoms with Crippen LogP contribution in [0, 0.1) is 0 Å². The van der Waals surface area contributed by atoms with Crippen molar-refractivity contribution >= 4 is 15.9 Å². The highest BCUT2D eigenvalue weighted by molar-refractivity contribution is 7.90. The lowest BCUT2D eigenvalue weighted by molar-refractivity contribution is 0.0981. The zero-order valence-corrected chi connectivity index (χ0v) is 11.9. The van der Waals surface area contributed by atoms with Crippen LogP contribution in [0.25, 0.3) is 0 Å². The number of carbonyl (C=O) groups excluding carboxylic acids is 1. The van der Waals surface area contributed by atoms with Crippen molar-refractivity contribution < 1.29 is 17.9 Å². The van der Waals surface area contributed by atoms with Crippen LogP contribution in [-0.2, 0) is 10.0 Å². The fourth-order valence-electron chi connectivity index (χ4n) is 1.53. The number of para-hydroxylation sites is 1. The molecule has 0 aliphatic heterocycles. The molecule has 1 amide bonds. The molecule has 0 aliphatic rings. The van der Waals surface area contributed by atoms with Crippen molar-refractivity contribution in [2.24, 2.45) is 0 Å². The van der Waals surface area contributed by atoms with E-state index in [0.717, 1.165) is 0 Å². The molecule has 1 aromatic heterocycles. The Morgan fingerprint density at radius 3 is 2.57 bits per heavy atom. The third kappa shape index (κ3) is 4.88. The Labute approximate surface area is 122 Å². The zero-order valence-electron chi connectivity index (χ0n) is 11.1. The molecule has 6 nitrogen and oxygen atoms in total. The topological polar surface area (TPSA) is 85.4 Å². The summed E-state index contributed by atoms with van der Waals surface area (Å²) in [7, 11) is -3.75. The number of pyridine rings is 1. The molecule has 110 valence electrons. The Hall–Kier alpha value is -2.41. The van der Waals surface area contributed by atoms with Crippen molar-refractivity contribution in [3.05, 3.63) is 60.4 Å². The number of ether oxygens (including phenoxy) is 1. The molecule has 1 aromatic carbocycles. The van der Waals surface area contributed by atoms with Gasteiger partial charge in [0.2, 0.25) is 10.0 Å². The van der Waals surface area contributed by atoms with Crippen LogP contribution < -0.4 is 9.46 Å². The summed E-state index contributed by atoms with van der Waals surface area (Å²) < 4.78 is 30.8. The smallest absolute Gasteiger partial charge is 0.266 e.